The lowest BCUT2D eigenvalue weighted by Gasteiger charge is -2.35. The molecule has 2 aromatic rings. The SMILES string of the molecule is O=C(Cc1ccccc1[N+](=O)[O-])N1CCN(C(=O)c2ccc3c(c2)OCO3)CC1. The van der Waals surface area contributed by atoms with Crippen LogP contribution < -0.4 is 9.47 Å². The van der Waals surface area contributed by atoms with E-state index >= 15 is 0 Å². The van der Waals surface area contributed by atoms with E-state index in [-0.39, 0.29) is 30.7 Å². The molecule has 0 aromatic heterocycles. The van der Waals surface area contributed by atoms with Crippen molar-refractivity contribution in [1.82, 2.24) is 9.80 Å². The van der Waals surface area contributed by atoms with Gasteiger partial charge in [-0.2, -0.15) is 0 Å². The predicted octanol–water partition coefficient (Wildman–Crippen LogP) is 1.85. The summed E-state index contributed by atoms with van der Waals surface area (Å²) in [6.45, 7) is 1.71. The first-order valence-electron chi connectivity index (χ1n) is 9.22. The van der Waals surface area contributed by atoms with E-state index in [0.717, 1.165) is 0 Å². The average Bonchev–Trinajstić information content (AvgIpc) is 3.21. The van der Waals surface area contributed by atoms with Gasteiger partial charge in [-0.1, -0.05) is 18.2 Å². The third-order valence-corrected chi connectivity index (χ3v) is 5.07. The topological polar surface area (TPSA) is 102 Å². The van der Waals surface area contributed by atoms with Crippen molar-refractivity contribution in [2.75, 3.05) is 33.0 Å². The van der Waals surface area contributed by atoms with Crippen LogP contribution in [0.3, 0.4) is 0 Å². The fraction of sp³-hybridized carbons (Fsp3) is 0.300. The molecule has 2 amide bonds. The minimum absolute atomic E-state index is 0.0345. The molecule has 1 saturated heterocycles. The van der Waals surface area contributed by atoms with Crippen molar-refractivity contribution in [2.45, 2.75) is 6.42 Å². The van der Waals surface area contributed by atoms with Gasteiger partial charge in [-0.15, -0.1) is 0 Å². The van der Waals surface area contributed by atoms with Crippen molar-refractivity contribution >= 4 is 17.5 Å². The van der Waals surface area contributed by atoms with E-state index in [1.165, 1.54) is 6.07 Å². The standard InChI is InChI=1S/C20H19N3O6/c24-19(12-14-3-1-2-4-16(14)23(26)27)21-7-9-22(10-8-21)20(25)15-5-6-17-18(11-15)29-13-28-17/h1-6,11H,7-10,12-13H2. The first kappa shape index (κ1) is 18.7. The largest absolute Gasteiger partial charge is 0.454 e. The molecule has 2 heterocycles. The zero-order valence-electron chi connectivity index (χ0n) is 15.6. The van der Waals surface area contributed by atoms with Gasteiger partial charge in [0.15, 0.2) is 11.5 Å². The lowest BCUT2D eigenvalue weighted by atomic mass is 10.1. The van der Waals surface area contributed by atoms with E-state index in [0.29, 0.717) is 48.8 Å². The Hall–Kier alpha value is -3.62. The van der Waals surface area contributed by atoms with Crippen molar-refractivity contribution in [3.05, 3.63) is 63.7 Å². The van der Waals surface area contributed by atoms with E-state index < -0.39 is 4.92 Å². The molecular weight excluding hydrogens is 378 g/mol. The summed E-state index contributed by atoms with van der Waals surface area (Å²) in [5.74, 6) is 0.852. The molecule has 0 atom stereocenters. The number of carbonyl (C=O) groups excluding carboxylic acids is 2. The molecule has 9 nitrogen and oxygen atoms in total. The number of nitro groups is 1. The van der Waals surface area contributed by atoms with Crippen LogP contribution >= 0.6 is 0 Å². The number of nitro benzene ring substituents is 1. The minimum atomic E-state index is -0.482. The molecule has 150 valence electrons. The Kier molecular flexibility index (Phi) is 5.03. The Bertz CT molecular complexity index is 968. The van der Waals surface area contributed by atoms with Gasteiger partial charge < -0.3 is 19.3 Å². The Balaban J connectivity index is 1.36. The number of ether oxygens (including phenoxy) is 2. The van der Waals surface area contributed by atoms with Crippen LogP contribution in [0, 0.1) is 10.1 Å². The summed E-state index contributed by atoms with van der Waals surface area (Å²) in [6, 6.07) is 11.3. The molecule has 4 rings (SSSR count). The van der Waals surface area contributed by atoms with Crippen LogP contribution in [-0.2, 0) is 11.2 Å². The summed E-state index contributed by atoms with van der Waals surface area (Å²) in [5, 5.41) is 11.1. The van der Waals surface area contributed by atoms with Crippen molar-refractivity contribution < 1.29 is 24.0 Å². The number of carbonyl (C=O) groups is 2. The first-order valence-corrected chi connectivity index (χ1v) is 9.22. The van der Waals surface area contributed by atoms with Crippen molar-refractivity contribution in [1.29, 1.82) is 0 Å². The van der Waals surface area contributed by atoms with Gasteiger partial charge in [0.25, 0.3) is 11.6 Å². The Morgan fingerprint density at radius 2 is 1.66 bits per heavy atom. The maximum atomic E-state index is 12.7. The zero-order chi connectivity index (χ0) is 20.4. The summed E-state index contributed by atoms with van der Waals surface area (Å²) in [7, 11) is 0. The maximum absolute atomic E-state index is 12.7. The molecule has 0 unspecified atom stereocenters. The Morgan fingerprint density at radius 1 is 0.966 bits per heavy atom. The normalized spacial score (nSPS) is 15.3. The lowest BCUT2D eigenvalue weighted by molar-refractivity contribution is -0.385. The number of fused-ring (bicyclic) bond motifs is 1. The molecule has 2 aliphatic rings. The highest BCUT2D eigenvalue weighted by molar-refractivity contribution is 5.95. The second kappa shape index (κ2) is 7.78. The molecule has 0 N–H and O–H groups in total. The third-order valence-electron chi connectivity index (χ3n) is 5.07. The summed E-state index contributed by atoms with van der Waals surface area (Å²) in [4.78, 5) is 39.3. The predicted molar refractivity (Wildman–Crippen MR) is 102 cm³/mol. The number of rotatable bonds is 4. The van der Waals surface area contributed by atoms with E-state index in [4.69, 9.17) is 9.47 Å². The van der Waals surface area contributed by atoms with Crippen LogP contribution in [0.4, 0.5) is 5.69 Å². The summed E-state index contributed by atoms with van der Waals surface area (Å²) in [6.07, 6.45) is -0.0345. The molecule has 1 fully saturated rings. The number of piperazine rings is 1. The summed E-state index contributed by atoms with van der Waals surface area (Å²) in [5.41, 5.74) is 0.841. The molecule has 0 saturated carbocycles. The van der Waals surface area contributed by atoms with Crippen LogP contribution in [0.1, 0.15) is 15.9 Å². The molecule has 0 radical (unpaired) electrons. The lowest BCUT2D eigenvalue weighted by Crippen LogP contribution is -2.51. The quantitative estimate of drug-likeness (QED) is 0.576. The van der Waals surface area contributed by atoms with Crippen molar-refractivity contribution in [2.24, 2.45) is 0 Å². The molecule has 2 aromatic carbocycles. The molecule has 29 heavy (non-hydrogen) atoms. The summed E-state index contributed by atoms with van der Waals surface area (Å²) < 4.78 is 10.6. The number of nitrogens with zero attached hydrogens (tertiary/aromatic N) is 3. The number of para-hydroxylation sites is 1. The minimum Gasteiger partial charge on any atom is -0.454 e. The fourth-order valence-electron chi connectivity index (χ4n) is 3.48. The maximum Gasteiger partial charge on any atom is 0.273 e. The van der Waals surface area contributed by atoms with Crippen molar-refractivity contribution in [3.8, 4) is 11.5 Å². The van der Waals surface area contributed by atoms with E-state index in [1.807, 2.05) is 0 Å². The number of amides is 2. The number of hydrogen-bond acceptors (Lipinski definition) is 6. The molecule has 0 spiro atoms. The van der Waals surface area contributed by atoms with Crippen LogP contribution in [0.5, 0.6) is 11.5 Å². The zero-order valence-corrected chi connectivity index (χ0v) is 15.6. The molecule has 9 heteroatoms. The van der Waals surface area contributed by atoms with Crippen molar-refractivity contribution in [3.63, 3.8) is 0 Å². The number of benzene rings is 2. The van der Waals surface area contributed by atoms with Gasteiger partial charge in [0, 0.05) is 43.4 Å². The van der Waals surface area contributed by atoms with Crippen LogP contribution in [-0.4, -0.2) is 59.5 Å². The highest BCUT2D eigenvalue weighted by atomic mass is 16.7. The highest BCUT2D eigenvalue weighted by Crippen LogP contribution is 2.32. The monoisotopic (exact) mass is 397 g/mol. The van der Waals surface area contributed by atoms with E-state index in [9.17, 15) is 19.7 Å². The van der Waals surface area contributed by atoms with Crippen LogP contribution in [0.2, 0.25) is 0 Å². The highest BCUT2D eigenvalue weighted by Gasteiger charge is 2.27. The Morgan fingerprint density at radius 3 is 2.41 bits per heavy atom. The fourth-order valence-corrected chi connectivity index (χ4v) is 3.48. The molecule has 0 bridgehead atoms. The summed E-state index contributed by atoms with van der Waals surface area (Å²) >= 11 is 0. The van der Waals surface area contributed by atoms with Gasteiger partial charge >= 0.3 is 0 Å². The molecule has 2 aliphatic heterocycles. The van der Waals surface area contributed by atoms with Crippen LogP contribution in [0.15, 0.2) is 42.5 Å². The average molecular weight is 397 g/mol. The molecule has 0 aliphatic carbocycles. The van der Waals surface area contributed by atoms with Gasteiger partial charge in [0.1, 0.15) is 0 Å². The van der Waals surface area contributed by atoms with Gasteiger partial charge in [-0.05, 0) is 18.2 Å². The third kappa shape index (κ3) is 3.84. The van der Waals surface area contributed by atoms with Gasteiger partial charge in [-0.25, -0.2) is 0 Å². The smallest absolute Gasteiger partial charge is 0.273 e. The van der Waals surface area contributed by atoms with Gasteiger partial charge in [-0.3, -0.25) is 19.7 Å². The Labute approximate surface area is 166 Å². The number of hydrogen-bond donors (Lipinski definition) is 0. The molecular formula is C20H19N3O6. The second-order valence-corrected chi connectivity index (χ2v) is 6.80. The van der Waals surface area contributed by atoms with Gasteiger partial charge in [0.2, 0.25) is 12.7 Å². The second-order valence-electron chi connectivity index (χ2n) is 6.80. The first-order chi connectivity index (χ1) is 14.0. The van der Waals surface area contributed by atoms with Crippen LogP contribution in [0.25, 0.3) is 0 Å². The van der Waals surface area contributed by atoms with E-state index in [2.05, 4.69) is 0 Å². The van der Waals surface area contributed by atoms with E-state index in [1.54, 1.807) is 46.2 Å². The van der Waals surface area contributed by atoms with Gasteiger partial charge in [0.05, 0.1) is 11.3 Å².